The standard InChI is InChI=1S/C13H20N2O3/c1-9(8-14)4-3-7-15-13(18)12-10(16)5-2-6-11(12)17/h2,5-6,9,16-17H,3-4,7-8,14H2,1H3,(H,15,18). The van der Waals surface area contributed by atoms with Gasteiger partial charge in [0.25, 0.3) is 5.91 Å². The van der Waals surface area contributed by atoms with Crippen molar-refractivity contribution in [1.82, 2.24) is 5.32 Å². The lowest BCUT2D eigenvalue weighted by Crippen LogP contribution is -2.25. The van der Waals surface area contributed by atoms with Crippen molar-refractivity contribution < 1.29 is 15.0 Å². The Bertz CT molecular complexity index is 387. The summed E-state index contributed by atoms with van der Waals surface area (Å²) in [7, 11) is 0. The van der Waals surface area contributed by atoms with Gasteiger partial charge in [0.15, 0.2) is 0 Å². The molecule has 0 radical (unpaired) electrons. The highest BCUT2D eigenvalue weighted by Gasteiger charge is 2.15. The minimum absolute atomic E-state index is 0.0793. The zero-order valence-electron chi connectivity index (χ0n) is 10.5. The van der Waals surface area contributed by atoms with Crippen molar-refractivity contribution in [2.45, 2.75) is 19.8 Å². The third-order valence-corrected chi connectivity index (χ3v) is 2.81. The lowest BCUT2D eigenvalue weighted by atomic mass is 10.1. The fraction of sp³-hybridized carbons (Fsp3) is 0.462. The summed E-state index contributed by atoms with van der Waals surface area (Å²) in [4.78, 5) is 11.7. The maximum atomic E-state index is 11.7. The molecule has 0 fully saturated rings. The van der Waals surface area contributed by atoms with Gasteiger partial charge < -0.3 is 21.3 Å². The molecule has 0 saturated heterocycles. The number of nitrogens with two attached hydrogens (primary N) is 1. The molecule has 1 rings (SSSR count). The molecule has 1 amide bonds. The van der Waals surface area contributed by atoms with Crippen LogP contribution in [-0.4, -0.2) is 29.2 Å². The molecule has 0 aliphatic carbocycles. The quantitative estimate of drug-likeness (QED) is 0.572. The summed E-state index contributed by atoms with van der Waals surface area (Å²) < 4.78 is 0. The number of carbonyl (C=O) groups is 1. The predicted octanol–water partition coefficient (Wildman–Crippen LogP) is 1.20. The van der Waals surface area contributed by atoms with E-state index in [0.29, 0.717) is 19.0 Å². The van der Waals surface area contributed by atoms with Gasteiger partial charge in [-0.05, 0) is 37.4 Å². The molecule has 0 aliphatic rings. The average Bonchev–Trinajstić information content (AvgIpc) is 2.34. The number of amides is 1. The van der Waals surface area contributed by atoms with Crippen LogP contribution in [0.25, 0.3) is 0 Å². The maximum Gasteiger partial charge on any atom is 0.258 e. The summed E-state index contributed by atoms with van der Waals surface area (Å²) >= 11 is 0. The Labute approximate surface area is 107 Å². The molecule has 18 heavy (non-hydrogen) atoms. The van der Waals surface area contributed by atoms with E-state index in [1.165, 1.54) is 18.2 Å². The van der Waals surface area contributed by atoms with E-state index < -0.39 is 5.91 Å². The van der Waals surface area contributed by atoms with E-state index in [-0.39, 0.29) is 17.1 Å². The van der Waals surface area contributed by atoms with Crippen molar-refractivity contribution in [2.24, 2.45) is 11.7 Å². The molecule has 1 aromatic rings. The number of aromatic hydroxyl groups is 2. The van der Waals surface area contributed by atoms with Crippen LogP contribution in [0.15, 0.2) is 18.2 Å². The van der Waals surface area contributed by atoms with Gasteiger partial charge in [-0.3, -0.25) is 4.79 Å². The van der Waals surface area contributed by atoms with E-state index >= 15 is 0 Å². The van der Waals surface area contributed by atoms with E-state index in [4.69, 9.17) is 5.73 Å². The van der Waals surface area contributed by atoms with Gasteiger partial charge in [-0.15, -0.1) is 0 Å². The zero-order valence-corrected chi connectivity index (χ0v) is 10.5. The first-order valence-electron chi connectivity index (χ1n) is 6.05. The van der Waals surface area contributed by atoms with Crippen molar-refractivity contribution in [3.8, 4) is 11.5 Å². The molecule has 5 N–H and O–H groups in total. The first-order valence-corrected chi connectivity index (χ1v) is 6.05. The van der Waals surface area contributed by atoms with Crippen LogP contribution in [0.1, 0.15) is 30.1 Å². The summed E-state index contributed by atoms with van der Waals surface area (Å²) in [5, 5.41) is 21.7. The third-order valence-electron chi connectivity index (χ3n) is 2.81. The van der Waals surface area contributed by atoms with Crippen molar-refractivity contribution in [2.75, 3.05) is 13.1 Å². The predicted molar refractivity (Wildman–Crippen MR) is 69.6 cm³/mol. The van der Waals surface area contributed by atoms with E-state index in [9.17, 15) is 15.0 Å². The number of carbonyl (C=O) groups excluding carboxylic acids is 1. The molecule has 0 aromatic heterocycles. The number of benzene rings is 1. The second-order valence-electron chi connectivity index (χ2n) is 4.41. The number of rotatable bonds is 6. The van der Waals surface area contributed by atoms with Gasteiger partial charge in [0, 0.05) is 6.54 Å². The highest BCUT2D eigenvalue weighted by Crippen LogP contribution is 2.25. The maximum absolute atomic E-state index is 11.7. The van der Waals surface area contributed by atoms with Gasteiger partial charge in [-0.2, -0.15) is 0 Å². The molecular weight excluding hydrogens is 232 g/mol. The van der Waals surface area contributed by atoms with Gasteiger partial charge >= 0.3 is 0 Å². The summed E-state index contributed by atoms with van der Waals surface area (Å²) in [5.41, 5.74) is 5.41. The molecule has 1 unspecified atom stereocenters. The van der Waals surface area contributed by atoms with Crippen molar-refractivity contribution in [3.63, 3.8) is 0 Å². The third kappa shape index (κ3) is 3.92. The molecule has 100 valence electrons. The van der Waals surface area contributed by atoms with Gasteiger partial charge in [0.05, 0.1) is 0 Å². The van der Waals surface area contributed by atoms with Crippen LogP contribution in [0.4, 0.5) is 0 Å². The minimum atomic E-state index is -0.467. The number of hydrogen-bond acceptors (Lipinski definition) is 4. The number of hydrogen-bond donors (Lipinski definition) is 4. The monoisotopic (exact) mass is 252 g/mol. The second-order valence-corrected chi connectivity index (χ2v) is 4.41. The normalized spacial score (nSPS) is 12.1. The summed E-state index contributed by atoms with van der Waals surface area (Å²) in [6.45, 7) is 3.18. The van der Waals surface area contributed by atoms with Gasteiger partial charge in [0.1, 0.15) is 17.1 Å². The Morgan fingerprint density at radius 1 is 1.39 bits per heavy atom. The fourth-order valence-corrected chi connectivity index (χ4v) is 1.62. The van der Waals surface area contributed by atoms with E-state index in [1.54, 1.807) is 0 Å². The molecule has 5 heteroatoms. The van der Waals surface area contributed by atoms with E-state index in [1.807, 2.05) is 0 Å². The first kappa shape index (κ1) is 14.3. The Balaban J connectivity index is 2.46. The SMILES string of the molecule is CC(CN)CCCNC(=O)c1c(O)cccc1O. The molecule has 0 aliphatic heterocycles. The molecule has 1 atom stereocenters. The largest absolute Gasteiger partial charge is 0.507 e. The molecule has 0 bridgehead atoms. The summed E-state index contributed by atoms with van der Waals surface area (Å²) in [6.07, 6.45) is 1.75. The van der Waals surface area contributed by atoms with E-state index in [2.05, 4.69) is 12.2 Å². The number of nitrogens with one attached hydrogen (secondary N) is 1. The van der Waals surface area contributed by atoms with E-state index in [0.717, 1.165) is 12.8 Å². The molecule has 0 saturated carbocycles. The highest BCUT2D eigenvalue weighted by atomic mass is 16.3. The Morgan fingerprint density at radius 2 is 2.00 bits per heavy atom. The molecule has 5 nitrogen and oxygen atoms in total. The average molecular weight is 252 g/mol. The molecule has 1 aromatic carbocycles. The smallest absolute Gasteiger partial charge is 0.258 e. The lowest BCUT2D eigenvalue weighted by Gasteiger charge is -2.10. The lowest BCUT2D eigenvalue weighted by molar-refractivity contribution is 0.0947. The molecule has 0 spiro atoms. The summed E-state index contributed by atoms with van der Waals surface area (Å²) in [6, 6.07) is 4.21. The number of phenols is 2. The Hall–Kier alpha value is -1.75. The first-order chi connectivity index (χ1) is 8.56. The van der Waals surface area contributed by atoms with Gasteiger partial charge in [-0.25, -0.2) is 0 Å². The highest BCUT2D eigenvalue weighted by molar-refractivity contribution is 5.99. The summed E-state index contributed by atoms with van der Waals surface area (Å²) in [5.74, 6) is -0.475. The van der Waals surface area contributed by atoms with Crippen LogP contribution >= 0.6 is 0 Å². The second kappa shape index (κ2) is 6.86. The zero-order chi connectivity index (χ0) is 13.5. The van der Waals surface area contributed by atoms with Gasteiger partial charge in [0.2, 0.25) is 0 Å². The molecule has 0 heterocycles. The van der Waals surface area contributed by atoms with Crippen LogP contribution in [0.3, 0.4) is 0 Å². The Morgan fingerprint density at radius 3 is 2.56 bits per heavy atom. The van der Waals surface area contributed by atoms with Crippen LogP contribution in [-0.2, 0) is 0 Å². The fourth-order valence-electron chi connectivity index (χ4n) is 1.62. The van der Waals surface area contributed by atoms with Crippen LogP contribution < -0.4 is 11.1 Å². The van der Waals surface area contributed by atoms with Crippen molar-refractivity contribution in [3.05, 3.63) is 23.8 Å². The van der Waals surface area contributed by atoms with Crippen molar-refractivity contribution >= 4 is 5.91 Å². The van der Waals surface area contributed by atoms with Crippen LogP contribution in [0.2, 0.25) is 0 Å². The topological polar surface area (TPSA) is 95.6 Å². The van der Waals surface area contributed by atoms with Crippen molar-refractivity contribution in [1.29, 1.82) is 0 Å². The minimum Gasteiger partial charge on any atom is -0.507 e. The van der Waals surface area contributed by atoms with Crippen LogP contribution in [0.5, 0.6) is 11.5 Å². The number of phenolic OH excluding ortho intramolecular Hbond substituents is 2. The van der Waals surface area contributed by atoms with Crippen LogP contribution in [0, 0.1) is 5.92 Å². The van der Waals surface area contributed by atoms with Gasteiger partial charge in [-0.1, -0.05) is 13.0 Å². The molecular formula is C13H20N2O3. The Kier molecular flexibility index (Phi) is 5.45.